The Kier molecular flexibility index (Phi) is 5.07. The second kappa shape index (κ2) is 8.03. The van der Waals surface area contributed by atoms with E-state index in [9.17, 15) is 9.90 Å². The van der Waals surface area contributed by atoms with Crippen LogP contribution < -0.4 is 11.1 Å². The van der Waals surface area contributed by atoms with Gasteiger partial charge in [0.25, 0.3) is 0 Å². The number of phenolic OH excluding ortho intramolecular Hbond substituents is 1. The summed E-state index contributed by atoms with van der Waals surface area (Å²) in [5.41, 5.74) is 8.99. The third-order valence-corrected chi connectivity index (χ3v) is 6.45. The highest BCUT2D eigenvalue weighted by Gasteiger charge is 2.43. The average molecular weight is 419 g/mol. The first-order valence-electron chi connectivity index (χ1n) is 10.6. The topological polar surface area (TPSA) is 109 Å². The smallest absolute Gasteiger partial charge is 0.229 e. The van der Waals surface area contributed by atoms with Gasteiger partial charge in [-0.2, -0.15) is 0 Å². The summed E-state index contributed by atoms with van der Waals surface area (Å²) >= 11 is 0. The van der Waals surface area contributed by atoms with Crippen molar-refractivity contribution in [2.75, 3.05) is 24.1 Å². The summed E-state index contributed by atoms with van der Waals surface area (Å²) in [7, 11) is 0. The number of amides is 1. The van der Waals surface area contributed by atoms with Gasteiger partial charge in [0.15, 0.2) is 0 Å². The van der Waals surface area contributed by atoms with E-state index in [1.54, 1.807) is 24.3 Å². The zero-order chi connectivity index (χ0) is 21.4. The van der Waals surface area contributed by atoms with Crippen molar-refractivity contribution in [1.29, 1.82) is 0 Å². The lowest BCUT2D eigenvalue weighted by molar-refractivity contribution is -0.127. The Balaban J connectivity index is 1.23. The van der Waals surface area contributed by atoms with Crippen molar-refractivity contribution in [2.45, 2.75) is 25.4 Å². The molecule has 6 rings (SSSR count). The minimum Gasteiger partial charge on any atom is -0.508 e. The Morgan fingerprint density at radius 3 is 2.87 bits per heavy atom. The summed E-state index contributed by atoms with van der Waals surface area (Å²) in [5, 5.41) is 21.2. The molecule has 8 nitrogen and oxygen atoms in total. The standard InChI is InChI=1S/C23H26N6O2/c24-17-4-1-3-16(9-17)22-14-29(27-26-22)12-19-10-15-7-8-28(19)13-21(15)23(31)25-18-5-2-6-20(30)11-18/h1-6,9,11,14-15,19,21,30H,7-8,10,12-13,24H2,(H,25,31). The number of nitrogens with zero attached hydrogens (tertiary/aromatic N) is 4. The fourth-order valence-corrected chi connectivity index (χ4v) is 4.88. The molecule has 3 aliphatic rings. The van der Waals surface area contributed by atoms with Gasteiger partial charge in [0.2, 0.25) is 5.91 Å². The SMILES string of the molecule is Nc1cccc(-c2cn(CC3CC4CCN3CC4C(=O)Nc3cccc(O)c3)nn2)c1. The van der Waals surface area contributed by atoms with Crippen LogP contribution in [0.1, 0.15) is 12.8 Å². The first-order valence-corrected chi connectivity index (χ1v) is 10.6. The van der Waals surface area contributed by atoms with Crippen molar-refractivity contribution in [1.82, 2.24) is 19.9 Å². The van der Waals surface area contributed by atoms with Gasteiger partial charge in [0.05, 0.1) is 18.7 Å². The lowest BCUT2D eigenvalue weighted by Gasteiger charge is -2.49. The van der Waals surface area contributed by atoms with Crippen molar-refractivity contribution in [2.24, 2.45) is 11.8 Å². The zero-order valence-electron chi connectivity index (χ0n) is 17.2. The molecule has 3 saturated heterocycles. The Bertz CT molecular complexity index is 1100. The Labute approximate surface area is 180 Å². The molecule has 0 aliphatic carbocycles. The average Bonchev–Trinajstić information content (AvgIpc) is 3.23. The number of carbonyl (C=O) groups is 1. The number of aromatic hydroxyl groups is 1. The quantitative estimate of drug-likeness (QED) is 0.550. The van der Waals surface area contributed by atoms with Gasteiger partial charge in [-0.15, -0.1) is 5.10 Å². The third kappa shape index (κ3) is 4.11. The molecule has 2 bridgehead atoms. The first kappa shape index (κ1) is 19.6. The number of fused-ring (bicyclic) bond motifs is 3. The van der Waals surface area contributed by atoms with Gasteiger partial charge in [-0.3, -0.25) is 14.4 Å². The van der Waals surface area contributed by atoms with E-state index < -0.39 is 0 Å². The molecule has 2 aromatic carbocycles. The van der Waals surface area contributed by atoms with Crippen LogP contribution in [0.3, 0.4) is 0 Å². The number of nitrogens with one attached hydrogen (secondary N) is 1. The molecule has 31 heavy (non-hydrogen) atoms. The van der Waals surface area contributed by atoms with Gasteiger partial charge in [0, 0.05) is 35.6 Å². The van der Waals surface area contributed by atoms with Crippen LogP contribution in [0, 0.1) is 11.8 Å². The highest BCUT2D eigenvalue weighted by Crippen LogP contribution is 2.37. The minimum atomic E-state index is -0.0362. The maximum absolute atomic E-state index is 12.9. The summed E-state index contributed by atoms with van der Waals surface area (Å²) in [6.45, 7) is 2.51. The van der Waals surface area contributed by atoms with Crippen LogP contribution in [0.15, 0.2) is 54.7 Å². The molecule has 0 saturated carbocycles. The fraction of sp³-hybridized carbons (Fsp3) is 0.348. The van der Waals surface area contributed by atoms with E-state index in [0.717, 1.165) is 43.7 Å². The Morgan fingerprint density at radius 2 is 2.10 bits per heavy atom. The van der Waals surface area contributed by atoms with E-state index in [4.69, 9.17) is 5.73 Å². The number of phenols is 1. The maximum atomic E-state index is 12.9. The minimum absolute atomic E-state index is 0.0310. The maximum Gasteiger partial charge on any atom is 0.229 e. The van der Waals surface area contributed by atoms with E-state index in [1.165, 1.54) is 0 Å². The number of nitrogen functional groups attached to an aromatic ring is 1. The highest BCUT2D eigenvalue weighted by molar-refractivity contribution is 5.93. The van der Waals surface area contributed by atoms with Crippen molar-refractivity contribution in [3.63, 3.8) is 0 Å². The van der Waals surface area contributed by atoms with Crippen LogP contribution in [0.25, 0.3) is 11.3 Å². The van der Waals surface area contributed by atoms with Crippen LogP contribution >= 0.6 is 0 Å². The van der Waals surface area contributed by atoms with E-state index in [1.807, 2.05) is 35.1 Å². The number of rotatable bonds is 5. The molecule has 0 spiro atoms. The zero-order valence-corrected chi connectivity index (χ0v) is 17.2. The van der Waals surface area contributed by atoms with Crippen molar-refractivity contribution >= 4 is 17.3 Å². The summed E-state index contributed by atoms with van der Waals surface area (Å²) < 4.78 is 1.89. The molecule has 8 heteroatoms. The number of hydrogen-bond donors (Lipinski definition) is 3. The van der Waals surface area contributed by atoms with E-state index >= 15 is 0 Å². The molecule has 1 aromatic heterocycles. The van der Waals surface area contributed by atoms with Crippen LogP contribution in [0.4, 0.5) is 11.4 Å². The second-order valence-electron chi connectivity index (χ2n) is 8.53. The van der Waals surface area contributed by atoms with Gasteiger partial charge < -0.3 is 16.2 Å². The molecule has 160 valence electrons. The predicted molar refractivity (Wildman–Crippen MR) is 118 cm³/mol. The molecule has 3 aliphatic heterocycles. The van der Waals surface area contributed by atoms with Crippen LogP contribution in [0.2, 0.25) is 0 Å². The summed E-state index contributed by atoms with van der Waals surface area (Å²) in [6.07, 6.45) is 3.95. The van der Waals surface area contributed by atoms with Crippen molar-refractivity contribution < 1.29 is 9.90 Å². The molecule has 3 fully saturated rings. The van der Waals surface area contributed by atoms with Gasteiger partial charge >= 0.3 is 0 Å². The predicted octanol–water partition coefficient (Wildman–Crippen LogP) is 2.58. The van der Waals surface area contributed by atoms with Crippen LogP contribution in [-0.4, -0.2) is 50.0 Å². The van der Waals surface area contributed by atoms with E-state index in [2.05, 4.69) is 20.5 Å². The largest absolute Gasteiger partial charge is 0.508 e. The number of carbonyl (C=O) groups excluding carboxylic acids is 1. The summed E-state index contributed by atoms with van der Waals surface area (Å²) in [6, 6.07) is 14.7. The van der Waals surface area contributed by atoms with E-state index in [0.29, 0.717) is 23.3 Å². The van der Waals surface area contributed by atoms with Gasteiger partial charge in [-0.05, 0) is 49.6 Å². The second-order valence-corrected chi connectivity index (χ2v) is 8.53. The lowest BCUT2D eigenvalue weighted by atomic mass is 9.75. The van der Waals surface area contributed by atoms with Gasteiger partial charge in [-0.1, -0.05) is 23.4 Å². The van der Waals surface area contributed by atoms with E-state index in [-0.39, 0.29) is 17.6 Å². The number of aromatic nitrogens is 3. The van der Waals surface area contributed by atoms with Gasteiger partial charge in [0.1, 0.15) is 11.4 Å². The molecule has 1 amide bonds. The molecule has 4 unspecified atom stereocenters. The molecule has 0 radical (unpaired) electrons. The fourth-order valence-electron chi connectivity index (χ4n) is 4.88. The van der Waals surface area contributed by atoms with Crippen molar-refractivity contribution in [3.05, 3.63) is 54.7 Å². The number of benzene rings is 2. The molecule has 4 N–H and O–H groups in total. The van der Waals surface area contributed by atoms with Crippen LogP contribution in [0.5, 0.6) is 5.75 Å². The number of hydrogen-bond acceptors (Lipinski definition) is 6. The van der Waals surface area contributed by atoms with Gasteiger partial charge in [-0.25, -0.2) is 0 Å². The summed E-state index contributed by atoms with van der Waals surface area (Å²) in [4.78, 5) is 15.3. The molecule has 4 heterocycles. The third-order valence-electron chi connectivity index (χ3n) is 6.45. The lowest BCUT2D eigenvalue weighted by Crippen LogP contribution is -2.57. The highest BCUT2D eigenvalue weighted by atomic mass is 16.3. The molecule has 3 aromatic rings. The summed E-state index contributed by atoms with van der Waals surface area (Å²) in [5.74, 6) is 0.496. The monoisotopic (exact) mass is 418 g/mol. The van der Waals surface area contributed by atoms with Crippen LogP contribution in [-0.2, 0) is 11.3 Å². The molecular weight excluding hydrogens is 392 g/mol. The first-order chi connectivity index (χ1) is 15.0. The Morgan fingerprint density at radius 1 is 1.23 bits per heavy atom. The number of anilines is 2. The number of piperidine rings is 3. The number of nitrogens with two attached hydrogens (primary N) is 1. The molecular formula is C23H26N6O2. The normalized spacial score (nSPS) is 24.8. The molecule has 4 atom stereocenters. The van der Waals surface area contributed by atoms with Crippen molar-refractivity contribution in [3.8, 4) is 17.0 Å². The Hall–Kier alpha value is -3.39.